The van der Waals surface area contributed by atoms with E-state index in [4.69, 9.17) is 34.8 Å². The quantitative estimate of drug-likeness (QED) is 0.324. The van der Waals surface area contributed by atoms with Crippen molar-refractivity contribution in [2.45, 2.75) is 0 Å². The maximum Gasteiger partial charge on any atom is 0.267 e. The Kier molecular flexibility index (Phi) is 5.61. The Balaban J connectivity index is 1.71. The van der Waals surface area contributed by atoms with Crippen LogP contribution in [0.4, 0.5) is 5.69 Å². The van der Waals surface area contributed by atoms with E-state index in [-0.39, 0.29) is 5.78 Å². The Bertz CT molecular complexity index is 1250. The first-order valence-corrected chi connectivity index (χ1v) is 10.5. The molecule has 0 aliphatic carbocycles. The van der Waals surface area contributed by atoms with Gasteiger partial charge in [0.2, 0.25) is 0 Å². The molecule has 4 aromatic rings. The lowest BCUT2D eigenvalue weighted by Gasteiger charge is -2.11. The van der Waals surface area contributed by atoms with Crippen molar-refractivity contribution in [2.24, 2.45) is 0 Å². The fraction of sp³-hybridized carbons (Fsp3) is 0. The van der Waals surface area contributed by atoms with Crippen LogP contribution in [-0.2, 0) is 0 Å². The van der Waals surface area contributed by atoms with Crippen molar-refractivity contribution in [1.82, 2.24) is 0 Å². The van der Waals surface area contributed by atoms with Gasteiger partial charge in [0.1, 0.15) is 4.88 Å². The third-order valence-electron chi connectivity index (χ3n) is 4.31. The largest absolute Gasteiger partial charge is 0.321 e. The number of rotatable bonds is 4. The molecule has 1 amide bonds. The van der Waals surface area contributed by atoms with Gasteiger partial charge in [-0.1, -0.05) is 71.2 Å². The second-order valence-corrected chi connectivity index (χ2v) is 8.53. The SMILES string of the molecule is O=C(c1ccccc1)c1cc(Cl)ccc1NC(=O)c1sc2cc(Cl)ccc2c1Cl. The third kappa shape index (κ3) is 4.02. The Labute approximate surface area is 185 Å². The molecule has 1 heterocycles. The van der Waals surface area contributed by atoms with Gasteiger partial charge in [0.05, 0.1) is 10.7 Å². The highest BCUT2D eigenvalue weighted by molar-refractivity contribution is 7.21. The van der Waals surface area contributed by atoms with Crippen molar-refractivity contribution < 1.29 is 9.59 Å². The standard InChI is InChI=1S/C22H12Cl3NO2S/c23-13-7-9-17(16(10-13)20(27)12-4-2-1-3-5-12)26-22(28)21-19(25)15-8-6-14(24)11-18(15)29-21/h1-11H,(H,26,28). The minimum atomic E-state index is -0.406. The number of benzene rings is 3. The summed E-state index contributed by atoms with van der Waals surface area (Å²) >= 11 is 19.8. The minimum Gasteiger partial charge on any atom is -0.321 e. The van der Waals surface area contributed by atoms with E-state index < -0.39 is 5.91 Å². The van der Waals surface area contributed by atoms with Gasteiger partial charge in [-0.15, -0.1) is 11.3 Å². The lowest BCUT2D eigenvalue weighted by Crippen LogP contribution is -2.14. The summed E-state index contributed by atoms with van der Waals surface area (Å²) in [6, 6.07) is 18.8. The summed E-state index contributed by atoms with van der Waals surface area (Å²) in [7, 11) is 0. The van der Waals surface area contributed by atoms with Crippen LogP contribution in [0.5, 0.6) is 0 Å². The molecule has 1 aromatic heterocycles. The third-order valence-corrected chi connectivity index (χ3v) is 6.43. The molecular formula is C22H12Cl3NO2S. The second-order valence-electron chi connectivity index (χ2n) is 6.22. The number of anilines is 1. The molecule has 0 fully saturated rings. The maximum absolute atomic E-state index is 12.9. The average molecular weight is 461 g/mol. The number of halogens is 3. The van der Waals surface area contributed by atoms with Gasteiger partial charge in [-0.3, -0.25) is 9.59 Å². The number of ketones is 1. The molecule has 4 rings (SSSR count). The lowest BCUT2D eigenvalue weighted by molar-refractivity contribution is 0.103. The highest BCUT2D eigenvalue weighted by Crippen LogP contribution is 2.37. The van der Waals surface area contributed by atoms with Gasteiger partial charge in [0.15, 0.2) is 5.78 Å². The number of hydrogen-bond acceptors (Lipinski definition) is 3. The van der Waals surface area contributed by atoms with Crippen molar-refractivity contribution >= 4 is 73.6 Å². The summed E-state index contributed by atoms with van der Waals surface area (Å²) in [5.74, 6) is -0.644. The normalized spacial score (nSPS) is 10.9. The molecular weight excluding hydrogens is 449 g/mol. The number of hydrogen-bond donors (Lipinski definition) is 1. The summed E-state index contributed by atoms with van der Waals surface area (Å²) in [6.07, 6.45) is 0. The zero-order valence-corrected chi connectivity index (χ0v) is 17.8. The van der Waals surface area contributed by atoms with Gasteiger partial charge >= 0.3 is 0 Å². The van der Waals surface area contributed by atoms with Crippen molar-refractivity contribution in [1.29, 1.82) is 0 Å². The highest BCUT2D eigenvalue weighted by Gasteiger charge is 2.21. The Morgan fingerprint density at radius 2 is 1.52 bits per heavy atom. The number of thiophene rings is 1. The summed E-state index contributed by atoms with van der Waals surface area (Å²) in [5, 5.41) is 4.86. The highest BCUT2D eigenvalue weighted by atomic mass is 35.5. The topological polar surface area (TPSA) is 46.2 Å². The molecule has 0 spiro atoms. The van der Waals surface area contributed by atoms with Crippen LogP contribution in [0.15, 0.2) is 66.7 Å². The second kappa shape index (κ2) is 8.17. The molecule has 0 bridgehead atoms. The Hall–Kier alpha value is -2.37. The molecule has 0 radical (unpaired) electrons. The van der Waals surface area contributed by atoms with Crippen molar-refractivity contribution in [2.75, 3.05) is 5.32 Å². The number of carbonyl (C=O) groups is 2. The van der Waals surface area contributed by atoms with Gasteiger partial charge in [-0.25, -0.2) is 0 Å². The fourth-order valence-electron chi connectivity index (χ4n) is 2.92. The maximum atomic E-state index is 12.9. The number of nitrogens with one attached hydrogen (secondary N) is 1. The molecule has 144 valence electrons. The van der Waals surface area contributed by atoms with Crippen LogP contribution in [0.3, 0.4) is 0 Å². The van der Waals surface area contributed by atoms with Gasteiger partial charge in [0, 0.05) is 31.3 Å². The zero-order valence-electron chi connectivity index (χ0n) is 14.7. The van der Waals surface area contributed by atoms with E-state index in [1.165, 1.54) is 11.3 Å². The summed E-state index contributed by atoms with van der Waals surface area (Å²) in [4.78, 5) is 26.2. The van der Waals surface area contributed by atoms with E-state index >= 15 is 0 Å². The first-order chi connectivity index (χ1) is 13.9. The molecule has 29 heavy (non-hydrogen) atoms. The number of amides is 1. The molecule has 1 N–H and O–H groups in total. The smallest absolute Gasteiger partial charge is 0.267 e. The van der Waals surface area contributed by atoms with E-state index in [1.807, 2.05) is 6.07 Å². The Morgan fingerprint density at radius 3 is 2.28 bits per heavy atom. The fourth-order valence-corrected chi connectivity index (χ4v) is 4.78. The lowest BCUT2D eigenvalue weighted by atomic mass is 10.0. The van der Waals surface area contributed by atoms with Gasteiger partial charge in [-0.05, 0) is 30.3 Å². The van der Waals surface area contributed by atoms with Crippen LogP contribution in [0.25, 0.3) is 10.1 Å². The summed E-state index contributed by atoms with van der Waals surface area (Å²) in [5.41, 5.74) is 1.16. The molecule has 0 aliphatic heterocycles. The van der Waals surface area contributed by atoms with Crippen LogP contribution in [0.1, 0.15) is 25.6 Å². The van der Waals surface area contributed by atoms with Crippen LogP contribution in [0.2, 0.25) is 15.1 Å². The van der Waals surface area contributed by atoms with Crippen molar-refractivity contribution in [3.05, 3.63) is 97.8 Å². The molecule has 3 nitrogen and oxygen atoms in total. The van der Waals surface area contributed by atoms with E-state index in [9.17, 15) is 9.59 Å². The molecule has 0 atom stereocenters. The van der Waals surface area contributed by atoms with Gasteiger partial charge < -0.3 is 5.32 Å². The van der Waals surface area contributed by atoms with Crippen LogP contribution in [0, 0.1) is 0 Å². The van der Waals surface area contributed by atoms with Crippen LogP contribution < -0.4 is 5.32 Å². The van der Waals surface area contributed by atoms with Crippen LogP contribution in [-0.4, -0.2) is 11.7 Å². The monoisotopic (exact) mass is 459 g/mol. The first-order valence-electron chi connectivity index (χ1n) is 8.52. The number of fused-ring (bicyclic) bond motifs is 1. The molecule has 0 saturated carbocycles. The average Bonchev–Trinajstić information content (AvgIpc) is 3.05. The van der Waals surface area contributed by atoms with Crippen molar-refractivity contribution in [3.8, 4) is 0 Å². The zero-order chi connectivity index (χ0) is 20.5. The summed E-state index contributed by atoms with van der Waals surface area (Å²) < 4.78 is 0.810. The van der Waals surface area contributed by atoms with E-state index in [1.54, 1.807) is 60.7 Å². The predicted octanol–water partition coefficient (Wildman–Crippen LogP) is 7.34. The van der Waals surface area contributed by atoms with Gasteiger partial charge in [0.25, 0.3) is 5.91 Å². The van der Waals surface area contributed by atoms with E-state index in [0.29, 0.717) is 36.8 Å². The first kappa shape index (κ1) is 19.9. The van der Waals surface area contributed by atoms with Gasteiger partial charge in [-0.2, -0.15) is 0 Å². The minimum absolute atomic E-state index is 0.238. The predicted molar refractivity (Wildman–Crippen MR) is 121 cm³/mol. The summed E-state index contributed by atoms with van der Waals surface area (Å²) in [6.45, 7) is 0. The van der Waals surface area contributed by atoms with Crippen molar-refractivity contribution in [3.63, 3.8) is 0 Å². The molecule has 0 saturated heterocycles. The van der Waals surface area contributed by atoms with E-state index in [0.717, 1.165) is 10.1 Å². The van der Waals surface area contributed by atoms with E-state index in [2.05, 4.69) is 5.32 Å². The Morgan fingerprint density at radius 1 is 0.828 bits per heavy atom. The molecule has 7 heteroatoms. The number of carbonyl (C=O) groups excluding carboxylic acids is 2. The molecule has 0 aliphatic rings. The molecule has 3 aromatic carbocycles. The van der Waals surface area contributed by atoms with Crippen LogP contribution >= 0.6 is 46.1 Å². The molecule has 0 unspecified atom stereocenters.